The fourth-order valence-electron chi connectivity index (χ4n) is 3.59. The minimum absolute atomic E-state index is 0.106. The van der Waals surface area contributed by atoms with Gasteiger partial charge in [0.15, 0.2) is 0 Å². The van der Waals surface area contributed by atoms with Gasteiger partial charge in [0.05, 0.1) is 22.0 Å². The van der Waals surface area contributed by atoms with E-state index in [1.54, 1.807) is 35.2 Å². The quantitative estimate of drug-likeness (QED) is 0.465. The number of nitrogens with one attached hydrogen (secondary N) is 2. The summed E-state index contributed by atoms with van der Waals surface area (Å²) in [5.74, 6) is -0.191. The summed E-state index contributed by atoms with van der Waals surface area (Å²) in [4.78, 5) is 43.3. The molecule has 0 bridgehead atoms. The van der Waals surface area contributed by atoms with Crippen LogP contribution in [-0.2, 0) is 20.9 Å². The van der Waals surface area contributed by atoms with Crippen LogP contribution in [0.2, 0.25) is 10.0 Å². The van der Waals surface area contributed by atoms with E-state index >= 15 is 0 Å². The van der Waals surface area contributed by atoms with Crippen molar-refractivity contribution in [2.75, 3.05) is 31.6 Å². The second-order valence-corrected chi connectivity index (χ2v) is 9.52. The molecule has 2 aromatic rings. The Kier molecular flexibility index (Phi) is 9.12. The lowest BCUT2D eigenvalue weighted by Crippen LogP contribution is -2.53. The van der Waals surface area contributed by atoms with Gasteiger partial charge in [0.1, 0.15) is 12.4 Å². The summed E-state index contributed by atoms with van der Waals surface area (Å²) in [6, 6.07) is 8.50. The van der Waals surface area contributed by atoms with Crippen molar-refractivity contribution in [3.8, 4) is 0 Å². The number of amides is 3. The summed E-state index contributed by atoms with van der Waals surface area (Å²) in [5.41, 5.74) is 5.10. The molecule has 9 nitrogen and oxygen atoms in total. The van der Waals surface area contributed by atoms with Gasteiger partial charge >= 0.3 is 6.09 Å². The highest BCUT2D eigenvalue weighted by molar-refractivity contribution is 9.10. The van der Waals surface area contributed by atoms with E-state index in [0.717, 1.165) is 4.47 Å². The van der Waals surface area contributed by atoms with Crippen LogP contribution >= 0.6 is 39.1 Å². The van der Waals surface area contributed by atoms with Gasteiger partial charge in [-0.2, -0.15) is 0 Å². The van der Waals surface area contributed by atoms with E-state index in [1.165, 1.54) is 6.20 Å². The average molecular weight is 573 g/mol. The molecule has 12 heteroatoms. The van der Waals surface area contributed by atoms with E-state index in [4.69, 9.17) is 33.7 Å². The molecular weight excluding hydrogens is 549 g/mol. The molecule has 0 unspecified atom stereocenters. The number of anilines is 1. The van der Waals surface area contributed by atoms with Crippen LogP contribution < -0.4 is 16.4 Å². The molecule has 4 N–H and O–H groups in total. The molecule has 0 atom stereocenters. The van der Waals surface area contributed by atoms with Crippen LogP contribution in [0.25, 0.3) is 0 Å². The molecule has 1 aromatic carbocycles. The number of hydrogen-bond donors (Lipinski definition) is 3. The Morgan fingerprint density at radius 2 is 1.91 bits per heavy atom. The van der Waals surface area contributed by atoms with Crippen molar-refractivity contribution in [2.45, 2.75) is 19.4 Å². The first-order chi connectivity index (χ1) is 16.2. The monoisotopic (exact) mass is 571 g/mol. The summed E-state index contributed by atoms with van der Waals surface area (Å²) in [7, 11) is 0. The Hall–Kier alpha value is -2.40. The number of rotatable bonds is 7. The first kappa shape index (κ1) is 26.2. The second kappa shape index (κ2) is 11.8. The topological polar surface area (TPSA) is 127 Å². The fraction of sp³-hybridized carbons (Fsp3) is 0.364. The largest absolute Gasteiger partial charge is 0.448 e. The zero-order valence-electron chi connectivity index (χ0n) is 18.2. The highest BCUT2D eigenvalue weighted by Gasteiger charge is 2.43. The number of pyridine rings is 1. The van der Waals surface area contributed by atoms with Crippen molar-refractivity contribution in [1.82, 2.24) is 15.2 Å². The third kappa shape index (κ3) is 6.59. The maximum atomic E-state index is 13.3. The highest BCUT2D eigenvalue weighted by atomic mass is 79.9. The Bertz CT molecular complexity index is 1050. The van der Waals surface area contributed by atoms with E-state index in [-0.39, 0.29) is 31.5 Å². The van der Waals surface area contributed by atoms with Gasteiger partial charge in [0, 0.05) is 30.3 Å². The van der Waals surface area contributed by atoms with E-state index in [9.17, 15) is 14.4 Å². The molecule has 1 fully saturated rings. The Morgan fingerprint density at radius 3 is 2.56 bits per heavy atom. The van der Waals surface area contributed by atoms with Crippen molar-refractivity contribution < 1.29 is 19.1 Å². The zero-order chi connectivity index (χ0) is 24.7. The Morgan fingerprint density at radius 1 is 1.18 bits per heavy atom. The Balaban J connectivity index is 1.68. The first-order valence-corrected chi connectivity index (χ1v) is 12.0. The predicted molar refractivity (Wildman–Crippen MR) is 133 cm³/mol. The van der Waals surface area contributed by atoms with Gasteiger partial charge in [-0.25, -0.2) is 9.78 Å². The number of nitrogens with zero attached hydrogens (tertiary/aromatic N) is 2. The molecule has 2 heterocycles. The van der Waals surface area contributed by atoms with Crippen LogP contribution in [0.3, 0.4) is 0 Å². The van der Waals surface area contributed by atoms with Gasteiger partial charge in [-0.3, -0.25) is 14.9 Å². The number of likely N-dealkylation sites (tertiary alicyclic amines) is 1. The minimum atomic E-state index is -1.03. The second-order valence-electron chi connectivity index (χ2n) is 7.82. The van der Waals surface area contributed by atoms with Gasteiger partial charge in [-0.15, -0.1) is 0 Å². The van der Waals surface area contributed by atoms with Crippen molar-refractivity contribution in [1.29, 1.82) is 0 Å². The molecule has 0 radical (unpaired) electrons. The Labute approximate surface area is 215 Å². The summed E-state index contributed by atoms with van der Waals surface area (Å²) < 4.78 is 6.18. The van der Waals surface area contributed by atoms with Crippen LogP contribution in [-0.4, -0.2) is 54.0 Å². The summed E-state index contributed by atoms with van der Waals surface area (Å²) in [5, 5.41) is 6.16. The lowest BCUT2D eigenvalue weighted by atomic mass is 9.78. The van der Waals surface area contributed by atoms with Gasteiger partial charge < -0.3 is 20.7 Å². The van der Waals surface area contributed by atoms with Crippen molar-refractivity contribution in [3.63, 3.8) is 0 Å². The maximum absolute atomic E-state index is 13.3. The van der Waals surface area contributed by atoms with E-state index in [2.05, 4.69) is 31.5 Å². The molecule has 3 rings (SSSR count). The molecule has 0 spiro atoms. The number of carbonyl (C=O) groups excluding carboxylic acids is 3. The number of piperidine rings is 1. The number of nitrogens with two attached hydrogens (primary N) is 1. The normalized spacial score (nSPS) is 14.9. The predicted octanol–water partition coefficient (Wildman–Crippen LogP) is 3.58. The lowest BCUT2D eigenvalue weighted by Gasteiger charge is -2.40. The highest BCUT2D eigenvalue weighted by Crippen LogP contribution is 2.33. The van der Waals surface area contributed by atoms with Crippen LogP contribution in [0, 0.1) is 5.41 Å². The molecule has 1 aliphatic heterocycles. The third-order valence-electron chi connectivity index (χ3n) is 5.64. The number of carbonyl (C=O) groups is 3. The molecule has 182 valence electrons. The van der Waals surface area contributed by atoms with E-state index in [0.29, 0.717) is 47.4 Å². The van der Waals surface area contributed by atoms with Crippen LogP contribution in [0.15, 0.2) is 41.0 Å². The molecule has 1 aromatic heterocycles. The number of ether oxygens (including phenoxy) is 1. The molecule has 3 amide bonds. The molecule has 1 aliphatic rings. The summed E-state index contributed by atoms with van der Waals surface area (Å²) in [6.07, 6.45) is 1.41. The fourth-order valence-corrected chi connectivity index (χ4v) is 4.21. The van der Waals surface area contributed by atoms with Gasteiger partial charge in [0.25, 0.3) is 0 Å². The van der Waals surface area contributed by atoms with Crippen molar-refractivity contribution in [3.05, 3.63) is 56.6 Å². The standard InChI is InChI=1S/C22H24BrCl2N5O4/c23-15-4-5-17(27-12-15)29-21(33)34-13-22(6-8-30(9-7-22)18(31)10-26)20(32)28-11-14-2-1-3-16(24)19(14)25/h1-5,12H,6-11,13,26H2,(H,28,32)(H,27,29,33). The van der Waals surface area contributed by atoms with Gasteiger partial charge in [-0.05, 0) is 52.5 Å². The smallest absolute Gasteiger partial charge is 0.412 e. The van der Waals surface area contributed by atoms with E-state index in [1.807, 2.05) is 0 Å². The molecule has 34 heavy (non-hydrogen) atoms. The van der Waals surface area contributed by atoms with Gasteiger partial charge in [-0.1, -0.05) is 35.3 Å². The van der Waals surface area contributed by atoms with Crippen molar-refractivity contribution in [2.24, 2.45) is 11.1 Å². The lowest BCUT2D eigenvalue weighted by molar-refractivity contribution is -0.142. The average Bonchev–Trinajstić information content (AvgIpc) is 2.84. The number of benzene rings is 1. The van der Waals surface area contributed by atoms with Crippen LogP contribution in [0.5, 0.6) is 0 Å². The summed E-state index contributed by atoms with van der Waals surface area (Å²) >= 11 is 15.6. The van der Waals surface area contributed by atoms with Crippen LogP contribution in [0.4, 0.5) is 10.6 Å². The molecule has 0 saturated carbocycles. The number of aromatic nitrogens is 1. The zero-order valence-corrected chi connectivity index (χ0v) is 21.3. The van der Waals surface area contributed by atoms with E-state index < -0.39 is 11.5 Å². The number of halogens is 3. The third-order valence-corrected chi connectivity index (χ3v) is 6.96. The molecular formula is C22H24BrCl2N5O4. The van der Waals surface area contributed by atoms with Crippen molar-refractivity contribution >= 4 is 62.9 Å². The number of hydrogen-bond acceptors (Lipinski definition) is 6. The van der Waals surface area contributed by atoms with Crippen LogP contribution in [0.1, 0.15) is 18.4 Å². The minimum Gasteiger partial charge on any atom is -0.448 e. The van der Waals surface area contributed by atoms with Gasteiger partial charge in [0.2, 0.25) is 11.8 Å². The molecule has 1 saturated heterocycles. The SMILES string of the molecule is NCC(=O)N1CCC(COC(=O)Nc2ccc(Br)cn2)(C(=O)NCc2cccc(Cl)c2Cl)CC1. The first-order valence-electron chi connectivity index (χ1n) is 10.5. The summed E-state index contributed by atoms with van der Waals surface area (Å²) in [6.45, 7) is 0.516. The maximum Gasteiger partial charge on any atom is 0.412 e. The molecule has 0 aliphatic carbocycles.